The summed E-state index contributed by atoms with van der Waals surface area (Å²) in [5, 5.41) is 74.5. The number of hydrogen-bond acceptors (Lipinski definition) is 11. The fraction of sp³-hybridized carbons (Fsp3) is 0.927. The fourth-order valence-corrected chi connectivity index (χ4v) is 14.3. The molecular formula is C41H66O12. The minimum atomic E-state index is -1.60. The van der Waals surface area contributed by atoms with Crippen LogP contribution in [0, 0.1) is 56.7 Å². The number of rotatable bonds is 8. The Balaban J connectivity index is 1.14. The standard InChI is InChI=1S/C41H66O12/c1-20(2)22-10-15-41(36(48)49)17-16-39(6)23(28(22)41)8-9-26-37(4)13-12-27(38(5,19-43)25(37)11-14-40(26,39)7)52-35-33(30(45)24(18-42)51-35)53-34-32(47)31(46)29(44)21(3)50-34/h21-35,42-47H,1,8-19H2,2-7H3,(H,48,49)/t21?,22-,23+,24?,25?,26?,27-,28?,29?,30?,31?,32?,33?,34?,35?,37-,38-,39+,40+,41-/m0/s1. The number of hydrogen-bond donors (Lipinski definition) is 7. The van der Waals surface area contributed by atoms with Crippen LogP contribution in [0.15, 0.2) is 12.2 Å². The van der Waals surface area contributed by atoms with Crippen LogP contribution in [0.5, 0.6) is 0 Å². The van der Waals surface area contributed by atoms with E-state index in [1.54, 1.807) is 6.92 Å². The topological polar surface area (TPSA) is 196 Å². The molecule has 0 spiro atoms. The molecule has 302 valence electrons. The van der Waals surface area contributed by atoms with Crippen molar-refractivity contribution < 1.29 is 59.5 Å². The highest BCUT2D eigenvalue weighted by atomic mass is 16.8. The third-order valence-electron chi connectivity index (χ3n) is 17.4. The first kappa shape index (κ1) is 40.0. The molecule has 7 rings (SSSR count). The van der Waals surface area contributed by atoms with Crippen molar-refractivity contribution in [2.75, 3.05) is 13.2 Å². The van der Waals surface area contributed by atoms with Gasteiger partial charge in [-0.2, -0.15) is 0 Å². The lowest BCUT2D eigenvalue weighted by atomic mass is 9.32. The lowest BCUT2D eigenvalue weighted by molar-refractivity contribution is -0.330. The van der Waals surface area contributed by atoms with Crippen molar-refractivity contribution in [1.82, 2.24) is 0 Å². The molecule has 0 radical (unpaired) electrons. The van der Waals surface area contributed by atoms with Gasteiger partial charge < -0.3 is 54.7 Å². The lowest BCUT2D eigenvalue weighted by Gasteiger charge is -2.73. The largest absolute Gasteiger partial charge is 0.481 e. The predicted molar refractivity (Wildman–Crippen MR) is 192 cm³/mol. The van der Waals surface area contributed by atoms with Crippen LogP contribution in [0.1, 0.15) is 106 Å². The zero-order valence-electron chi connectivity index (χ0n) is 32.5. The molecule has 7 fully saturated rings. The van der Waals surface area contributed by atoms with Gasteiger partial charge in [-0.25, -0.2) is 0 Å². The minimum absolute atomic E-state index is 0.0137. The first-order valence-electron chi connectivity index (χ1n) is 20.3. The van der Waals surface area contributed by atoms with E-state index in [4.69, 9.17) is 18.9 Å². The molecule has 0 aromatic rings. The second kappa shape index (κ2) is 13.7. The van der Waals surface area contributed by atoms with E-state index in [0.717, 1.165) is 56.9 Å². The van der Waals surface area contributed by atoms with Gasteiger partial charge in [0.25, 0.3) is 0 Å². The molecule has 0 amide bonds. The molecule has 12 unspecified atom stereocenters. The van der Waals surface area contributed by atoms with Crippen LogP contribution in [0.25, 0.3) is 0 Å². The van der Waals surface area contributed by atoms with Gasteiger partial charge in [0.05, 0.1) is 30.8 Å². The maximum Gasteiger partial charge on any atom is 0.309 e. The molecule has 0 aromatic carbocycles. The van der Waals surface area contributed by atoms with E-state index in [-0.39, 0.29) is 40.6 Å². The molecule has 12 heteroatoms. The number of aliphatic hydroxyl groups is 6. The van der Waals surface area contributed by atoms with Gasteiger partial charge in [-0.3, -0.25) is 4.79 Å². The third kappa shape index (κ3) is 5.62. The van der Waals surface area contributed by atoms with Crippen LogP contribution >= 0.6 is 0 Å². The van der Waals surface area contributed by atoms with Gasteiger partial charge in [0.2, 0.25) is 0 Å². The van der Waals surface area contributed by atoms with Gasteiger partial charge in [-0.05, 0) is 124 Å². The number of carboxylic acid groups (broad SMARTS) is 1. The van der Waals surface area contributed by atoms with Gasteiger partial charge in [0, 0.05) is 5.41 Å². The highest BCUT2D eigenvalue weighted by Gasteiger charge is 2.72. The highest BCUT2D eigenvalue weighted by molar-refractivity contribution is 5.76. The number of ether oxygens (including phenoxy) is 4. The lowest BCUT2D eigenvalue weighted by Crippen LogP contribution is -2.68. The fourth-order valence-electron chi connectivity index (χ4n) is 14.3. The summed E-state index contributed by atoms with van der Waals surface area (Å²) in [6.07, 6.45) is -3.30. The van der Waals surface area contributed by atoms with Crippen LogP contribution in [0.3, 0.4) is 0 Å². The third-order valence-corrected chi connectivity index (χ3v) is 17.4. The first-order chi connectivity index (χ1) is 24.8. The molecule has 53 heavy (non-hydrogen) atoms. The van der Waals surface area contributed by atoms with E-state index < -0.39 is 84.8 Å². The van der Waals surface area contributed by atoms with Gasteiger partial charge in [0.15, 0.2) is 12.6 Å². The van der Waals surface area contributed by atoms with Crippen molar-refractivity contribution in [1.29, 1.82) is 0 Å². The van der Waals surface area contributed by atoms with E-state index in [1.807, 2.05) is 0 Å². The molecular weight excluding hydrogens is 684 g/mol. The van der Waals surface area contributed by atoms with Crippen molar-refractivity contribution in [2.24, 2.45) is 56.7 Å². The Kier molecular flexibility index (Phi) is 10.4. The summed E-state index contributed by atoms with van der Waals surface area (Å²) in [5.74, 6) is 0.491. The maximum atomic E-state index is 13.0. The summed E-state index contributed by atoms with van der Waals surface area (Å²) in [6.45, 7) is 16.8. The van der Waals surface area contributed by atoms with E-state index in [1.165, 1.54) is 0 Å². The van der Waals surface area contributed by atoms with Crippen molar-refractivity contribution in [2.45, 2.75) is 167 Å². The van der Waals surface area contributed by atoms with E-state index in [2.05, 4.69) is 41.2 Å². The van der Waals surface area contributed by atoms with E-state index in [0.29, 0.717) is 24.7 Å². The number of carboxylic acids is 1. The molecule has 7 N–H and O–H groups in total. The Hall–Kier alpha value is -1.19. The van der Waals surface area contributed by atoms with Gasteiger partial charge in [-0.1, -0.05) is 39.8 Å². The average Bonchev–Trinajstić information content (AvgIpc) is 3.66. The van der Waals surface area contributed by atoms with Crippen molar-refractivity contribution in [3.05, 3.63) is 12.2 Å². The summed E-state index contributed by atoms with van der Waals surface area (Å²) in [4.78, 5) is 13.0. The number of aliphatic carboxylic acids is 1. The normalized spacial score (nSPS) is 56.5. The zero-order valence-corrected chi connectivity index (χ0v) is 32.5. The Bertz CT molecular complexity index is 1410. The van der Waals surface area contributed by atoms with Crippen molar-refractivity contribution >= 4 is 5.97 Å². The monoisotopic (exact) mass is 750 g/mol. The van der Waals surface area contributed by atoms with Crippen LogP contribution < -0.4 is 0 Å². The number of fused-ring (bicyclic) bond motifs is 7. The van der Waals surface area contributed by atoms with Gasteiger partial charge in [0.1, 0.15) is 36.6 Å². The summed E-state index contributed by atoms with van der Waals surface area (Å²) < 4.78 is 24.4. The summed E-state index contributed by atoms with van der Waals surface area (Å²) in [5.41, 5.74) is -0.391. The molecule has 2 heterocycles. The van der Waals surface area contributed by atoms with Crippen LogP contribution in [-0.2, 0) is 23.7 Å². The van der Waals surface area contributed by atoms with Crippen LogP contribution in [0.4, 0.5) is 0 Å². The molecule has 2 aliphatic heterocycles. The Morgan fingerprint density at radius 2 is 1.49 bits per heavy atom. The van der Waals surface area contributed by atoms with E-state index >= 15 is 0 Å². The second-order valence-electron chi connectivity index (χ2n) is 19.5. The number of aliphatic hydroxyl groups excluding tert-OH is 6. The molecule has 20 atom stereocenters. The zero-order chi connectivity index (χ0) is 38.6. The molecule has 7 aliphatic rings. The minimum Gasteiger partial charge on any atom is -0.481 e. The molecule has 0 aromatic heterocycles. The van der Waals surface area contributed by atoms with Gasteiger partial charge >= 0.3 is 5.97 Å². The quantitative estimate of drug-likeness (QED) is 0.179. The molecule has 5 aliphatic carbocycles. The Morgan fingerprint density at radius 1 is 0.774 bits per heavy atom. The Labute approximate surface area is 314 Å². The smallest absolute Gasteiger partial charge is 0.309 e. The average molecular weight is 751 g/mol. The van der Waals surface area contributed by atoms with E-state index in [9.17, 15) is 40.5 Å². The van der Waals surface area contributed by atoms with Gasteiger partial charge in [-0.15, -0.1) is 0 Å². The molecule has 2 saturated heterocycles. The first-order valence-corrected chi connectivity index (χ1v) is 20.3. The Morgan fingerprint density at radius 3 is 2.13 bits per heavy atom. The molecule has 12 nitrogen and oxygen atoms in total. The summed E-state index contributed by atoms with van der Waals surface area (Å²) in [7, 11) is 0. The van der Waals surface area contributed by atoms with Crippen LogP contribution in [0.2, 0.25) is 0 Å². The summed E-state index contributed by atoms with van der Waals surface area (Å²) >= 11 is 0. The molecule has 5 saturated carbocycles. The molecule has 0 bridgehead atoms. The van der Waals surface area contributed by atoms with Crippen molar-refractivity contribution in [3.63, 3.8) is 0 Å². The second-order valence-corrected chi connectivity index (χ2v) is 19.5. The number of allylic oxidation sites excluding steroid dienone is 1. The predicted octanol–water partition coefficient (Wildman–Crippen LogP) is 3.38. The maximum absolute atomic E-state index is 13.0. The summed E-state index contributed by atoms with van der Waals surface area (Å²) in [6, 6.07) is 0. The SMILES string of the molecule is C=C(C)[C@@H]1CC[C@]2(C(=O)O)CC[C@]3(C)[C@H](CCC4[C@@]5(C)CC[C@H](OC6OC(CO)C(O)C6OC6OC(C)C(O)C(O)C6O)[C@@](C)(CO)C5CC[C@]43C)C12. The van der Waals surface area contributed by atoms with Crippen LogP contribution in [-0.4, -0.2) is 116 Å². The van der Waals surface area contributed by atoms with Crippen molar-refractivity contribution in [3.8, 4) is 0 Å². The highest BCUT2D eigenvalue weighted by Crippen LogP contribution is 2.77. The number of carbonyl (C=O) groups is 1.